The molecule has 1 aliphatic rings. The van der Waals surface area contributed by atoms with Crippen molar-refractivity contribution >= 4 is 0 Å². The van der Waals surface area contributed by atoms with Crippen molar-refractivity contribution in [1.29, 1.82) is 0 Å². The highest BCUT2D eigenvalue weighted by atomic mass is 16.5. The number of hydrogen-bond donors (Lipinski definition) is 1. The largest absolute Gasteiger partial charge is 0.496 e. The monoisotopic (exact) mass is 221 g/mol. The molecule has 0 bridgehead atoms. The number of benzene rings is 1. The summed E-state index contributed by atoms with van der Waals surface area (Å²) in [5, 5.41) is 0. The second-order valence-electron chi connectivity index (χ2n) is 4.42. The normalized spacial score (nSPS) is 16.9. The van der Waals surface area contributed by atoms with Crippen molar-refractivity contribution in [3.8, 4) is 11.5 Å². The smallest absolute Gasteiger partial charge is 0.127 e. The average Bonchev–Trinajstić information content (AvgIpc) is 3.09. The van der Waals surface area contributed by atoms with Gasteiger partial charge >= 0.3 is 0 Å². The summed E-state index contributed by atoms with van der Waals surface area (Å²) < 4.78 is 11.1. The summed E-state index contributed by atoms with van der Waals surface area (Å²) in [6, 6.07) is 5.74. The summed E-state index contributed by atoms with van der Waals surface area (Å²) in [5.41, 5.74) is 6.92. The number of hydrogen-bond acceptors (Lipinski definition) is 3. The lowest BCUT2D eigenvalue weighted by molar-refractivity contribution is 0.292. The molecular formula is C13H19NO2. The van der Waals surface area contributed by atoms with Crippen molar-refractivity contribution in [2.24, 2.45) is 11.7 Å². The first-order valence-corrected chi connectivity index (χ1v) is 5.77. The molecule has 0 spiro atoms. The minimum Gasteiger partial charge on any atom is -0.496 e. The molecule has 2 rings (SSSR count). The zero-order chi connectivity index (χ0) is 11.5. The third-order valence-electron chi connectivity index (χ3n) is 2.87. The van der Waals surface area contributed by atoms with Crippen LogP contribution in [0, 0.1) is 5.92 Å². The molecule has 0 amide bonds. The summed E-state index contributed by atoms with van der Waals surface area (Å²) >= 11 is 0. The third kappa shape index (κ3) is 2.47. The third-order valence-corrected chi connectivity index (χ3v) is 2.87. The van der Waals surface area contributed by atoms with Gasteiger partial charge in [0.2, 0.25) is 0 Å². The Hall–Kier alpha value is -1.22. The number of rotatable bonds is 5. The molecule has 1 aromatic rings. The number of nitrogens with two attached hydrogens (primary N) is 1. The second kappa shape index (κ2) is 4.74. The van der Waals surface area contributed by atoms with Crippen LogP contribution in [0.1, 0.15) is 31.4 Å². The minimum absolute atomic E-state index is 0.0784. The lowest BCUT2D eigenvalue weighted by atomic mass is 10.1. The summed E-state index contributed by atoms with van der Waals surface area (Å²) in [5.74, 6) is 2.41. The maximum absolute atomic E-state index is 5.95. The zero-order valence-corrected chi connectivity index (χ0v) is 9.90. The van der Waals surface area contributed by atoms with Crippen LogP contribution in [0.5, 0.6) is 11.5 Å². The van der Waals surface area contributed by atoms with Crippen LogP contribution in [-0.2, 0) is 0 Å². The van der Waals surface area contributed by atoms with Crippen LogP contribution in [0.25, 0.3) is 0 Å². The van der Waals surface area contributed by atoms with Gasteiger partial charge in [0, 0.05) is 6.04 Å². The van der Waals surface area contributed by atoms with Gasteiger partial charge in [-0.15, -0.1) is 0 Å². The van der Waals surface area contributed by atoms with Crippen molar-refractivity contribution in [1.82, 2.24) is 0 Å². The van der Waals surface area contributed by atoms with E-state index in [1.165, 1.54) is 12.8 Å². The van der Waals surface area contributed by atoms with Crippen molar-refractivity contribution in [3.05, 3.63) is 23.8 Å². The second-order valence-corrected chi connectivity index (χ2v) is 4.42. The molecule has 1 atom stereocenters. The zero-order valence-electron chi connectivity index (χ0n) is 9.90. The highest BCUT2D eigenvalue weighted by Gasteiger charge is 2.23. The molecular weight excluding hydrogens is 202 g/mol. The van der Waals surface area contributed by atoms with E-state index >= 15 is 0 Å². The standard InChI is InChI=1S/C13H19NO2/c1-9(14)13-11(15-2)4-3-5-12(13)16-8-10-6-7-10/h3-5,9-10H,6-8,14H2,1-2H3. The molecule has 3 nitrogen and oxygen atoms in total. The summed E-state index contributed by atoms with van der Waals surface area (Å²) in [7, 11) is 1.66. The number of methoxy groups -OCH3 is 1. The Balaban J connectivity index is 2.19. The quantitative estimate of drug-likeness (QED) is 0.830. The molecule has 0 radical (unpaired) electrons. The van der Waals surface area contributed by atoms with Crippen molar-refractivity contribution < 1.29 is 9.47 Å². The lowest BCUT2D eigenvalue weighted by Gasteiger charge is -2.17. The molecule has 1 aromatic carbocycles. The maximum Gasteiger partial charge on any atom is 0.127 e. The van der Waals surface area contributed by atoms with E-state index in [1.54, 1.807) is 7.11 Å². The first-order valence-electron chi connectivity index (χ1n) is 5.77. The topological polar surface area (TPSA) is 44.5 Å². The van der Waals surface area contributed by atoms with E-state index in [-0.39, 0.29) is 6.04 Å². The van der Waals surface area contributed by atoms with Gasteiger partial charge in [0.05, 0.1) is 19.3 Å². The summed E-state index contributed by atoms with van der Waals surface area (Å²) in [6.07, 6.45) is 2.58. The Labute approximate surface area is 96.5 Å². The van der Waals surface area contributed by atoms with E-state index in [2.05, 4.69) is 0 Å². The fourth-order valence-corrected chi connectivity index (χ4v) is 1.77. The predicted molar refractivity (Wildman–Crippen MR) is 63.8 cm³/mol. The van der Waals surface area contributed by atoms with Gasteiger partial charge in [-0.3, -0.25) is 0 Å². The minimum atomic E-state index is -0.0784. The van der Waals surface area contributed by atoms with Gasteiger partial charge in [0.1, 0.15) is 11.5 Å². The SMILES string of the molecule is COc1cccc(OCC2CC2)c1C(C)N. The van der Waals surface area contributed by atoms with E-state index in [0.29, 0.717) is 0 Å². The molecule has 0 aromatic heterocycles. The van der Waals surface area contributed by atoms with Crippen molar-refractivity contribution in [2.75, 3.05) is 13.7 Å². The Bertz CT molecular complexity index is 359. The van der Waals surface area contributed by atoms with E-state index in [0.717, 1.165) is 29.6 Å². The highest BCUT2D eigenvalue weighted by Crippen LogP contribution is 2.35. The molecule has 0 aliphatic heterocycles. The predicted octanol–water partition coefficient (Wildman–Crippen LogP) is 2.50. The van der Waals surface area contributed by atoms with E-state index in [9.17, 15) is 0 Å². The Morgan fingerprint density at radius 3 is 2.62 bits per heavy atom. The van der Waals surface area contributed by atoms with Gasteiger partial charge in [-0.05, 0) is 37.8 Å². The van der Waals surface area contributed by atoms with Crippen LogP contribution in [0.4, 0.5) is 0 Å². The van der Waals surface area contributed by atoms with E-state index in [1.807, 2.05) is 25.1 Å². The molecule has 2 N–H and O–H groups in total. The molecule has 1 unspecified atom stereocenters. The maximum atomic E-state index is 5.95. The van der Waals surface area contributed by atoms with Gasteiger partial charge < -0.3 is 15.2 Å². The highest BCUT2D eigenvalue weighted by molar-refractivity contribution is 5.46. The Morgan fingerprint density at radius 2 is 2.06 bits per heavy atom. The molecule has 0 saturated heterocycles. The van der Waals surface area contributed by atoms with Crippen LogP contribution < -0.4 is 15.2 Å². The van der Waals surface area contributed by atoms with E-state index in [4.69, 9.17) is 15.2 Å². The lowest BCUT2D eigenvalue weighted by Crippen LogP contribution is -2.10. The van der Waals surface area contributed by atoms with Crippen molar-refractivity contribution in [3.63, 3.8) is 0 Å². The molecule has 0 heterocycles. The molecule has 1 fully saturated rings. The van der Waals surface area contributed by atoms with Crippen LogP contribution >= 0.6 is 0 Å². The molecule has 1 aliphatic carbocycles. The molecule has 16 heavy (non-hydrogen) atoms. The Kier molecular flexibility index (Phi) is 3.34. The average molecular weight is 221 g/mol. The van der Waals surface area contributed by atoms with E-state index < -0.39 is 0 Å². The van der Waals surface area contributed by atoms with Gasteiger partial charge in [-0.25, -0.2) is 0 Å². The van der Waals surface area contributed by atoms with Crippen LogP contribution in [0.3, 0.4) is 0 Å². The van der Waals surface area contributed by atoms with Crippen LogP contribution in [0.2, 0.25) is 0 Å². The van der Waals surface area contributed by atoms with Gasteiger partial charge in [0.25, 0.3) is 0 Å². The van der Waals surface area contributed by atoms with Gasteiger partial charge in [0.15, 0.2) is 0 Å². The molecule has 88 valence electrons. The Morgan fingerprint density at radius 1 is 1.38 bits per heavy atom. The summed E-state index contributed by atoms with van der Waals surface area (Å²) in [6.45, 7) is 2.74. The fourth-order valence-electron chi connectivity index (χ4n) is 1.77. The van der Waals surface area contributed by atoms with Gasteiger partial charge in [-0.2, -0.15) is 0 Å². The van der Waals surface area contributed by atoms with Crippen LogP contribution in [-0.4, -0.2) is 13.7 Å². The van der Waals surface area contributed by atoms with Crippen LogP contribution in [0.15, 0.2) is 18.2 Å². The fraction of sp³-hybridized carbons (Fsp3) is 0.538. The molecule has 3 heteroatoms. The number of ether oxygens (including phenoxy) is 2. The first kappa shape index (κ1) is 11.3. The molecule has 1 saturated carbocycles. The van der Waals surface area contributed by atoms with Crippen molar-refractivity contribution in [2.45, 2.75) is 25.8 Å². The summed E-state index contributed by atoms with van der Waals surface area (Å²) in [4.78, 5) is 0. The van der Waals surface area contributed by atoms with Gasteiger partial charge in [-0.1, -0.05) is 6.07 Å². The first-order chi connectivity index (χ1) is 7.72.